The lowest BCUT2D eigenvalue weighted by atomic mass is 9.77. The molecule has 4 nitrogen and oxygen atoms in total. The fraction of sp³-hybridized carbons (Fsp3) is 0.391. The number of nitrogens with one attached hydrogen (secondary N) is 1. The molecule has 2 aromatic carbocycles. The molecule has 140 valence electrons. The highest BCUT2D eigenvalue weighted by atomic mass is 16.5. The number of nitrogens with zero attached hydrogens (tertiary/aromatic N) is 1. The van der Waals surface area contributed by atoms with E-state index in [9.17, 15) is 10.1 Å². The van der Waals surface area contributed by atoms with E-state index in [1.807, 2.05) is 60.7 Å². The Morgan fingerprint density at radius 1 is 1.04 bits per heavy atom. The Hall–Kier alpha value is -2.80. The average molecular weight is 362 g/mol. The van der Waals surface area contributed by atoms with Gasteiger partial charge in [0.15, 0.2) is 0 Å². The van der Waals surface area contributed by atoms with Gasteiger partial charge in [-0.3, -0.25) is 0 Å². The molecule has 0 aromatic heterocycles. The zero-order chi connectivity index (χ0) is 18.9. The van der Waals surface area contributed by atoms with Crippen molar-refractivity contribution in [1.29, 1.82) is 5.26 Å². The SMILES string of the molecule is N#C[C@H](c1ccccc1)[C@@H](NC(=O)OCc1ccccc1)C1CCCCC1. The fourth-order valence-electron chi connectivity index (χ4n) is 3.89. The summed E-state index contributed by atoms with van der Waals surface area (Å²) >= 11 is 0. The number of carbonyl (C=O) groups is 1. The number of alkyl carbamates (subject to hydrolysis) is 1. The van der Waals surface area contributed by atoms with E-state index in [0.29, 0.717) is 5.92 Å². The third kappa shape index (κ3) is 5.34. The summed E-state index contributed by atoms with van der Waals surface area (Å²) in [5.41, 5.74) is 1.89. The number of ether oxygens (including phenoxy) is 1. The number of carbonyl (C=O) groups excluding carboxylic acids is 1. The second kappa shape index (κ2) is 9.78. The minimum Gasteiger partial charge on any atom is -0.445 e. The molecule has 0 heterocycles. The van der Waals surface area contributed by atoms with Crippen molar-refractivity contribution in [1.82, 2.24) is 5.32 Å². The molecule has 2 aromatic rings. The van der Waals surface area contributed by atoms with Crippen molar-refractivity contribution in [2.24, 2.45) is 5.92 Å². The smallest absolute Gasteiger partial charge is 0.407 e. The second-order valence-corrected chi connectivity index (χ2v) is 7.15. The first-order chi connectivity index (χ1) is 13.3. The molecule has 3 rings (SSSR count). The Kier molecular flexibility index (Phi) is 6.87. The van der Waals surface area contributed by atoms with Crippen LogP contribution in [0.15, 0.2) is 60.7 Å². The van der Waals surface area contributed by atoms with Crippen LogP contribution in [0.3, 0.4) is 0 Å². The van der Waals surface area contributed by atoms with Gasteiger partial charge in [-0.05, 0) is 29.9 Å². The summed E-state index contributed by atoms with van der Waals surface area (Å²) in [6, 6.07) is 21.5. The van der Waals surface area contributed by atoms with E-state index in [2.05, 4.69) is 11.4 Å². The number of rotatable bonds is 6. The van der Waals surface area contributed by atoms with Gasteiger partial charge >= 0.3 is 6.09 Å². The molecule has 0 saturated heterocycles. The lowest BCUT2D eigenvalue weighted by molar-refractivity contribution is 0.127. The van der Waals surface area contributed by atoms with Crippen molar-refractivity contribution < 1.29 is 9.53 Å². The molecular weight excluding hydrogens is 336 g/mol. The van der Waals surface area contributed by atoms with E-state index in [4.69, 9.17) is 4.74 Å². The number of amides is 1. The molecule has 0 aliphatic heterocycles. The van der Waals surface area contributed by atoms with Crippen LogP contribution in [0.4, 0.5) is 4.79 Å². The quantitative estimate of drug-likeness (QED) is 0.771. The Labute approximate surface area is 161 Å². The number of hydrogen-bond donors (Lipinski definition) is 1. The van der Waals surface area contributed by atoms with Gasteiger partial charge in [-0.2, -0.15) is 5.26 Å². The van der Waals surface area contributed by atoms with E-state index >= 15 is 0 Å². The van der Waals surface area contributed by atoms with Crippen molar-refractivity contribution in [3.63, 3.8) is 0 Å². The molecule has 27 heavy (non-hydrogen) atoms. The molecule has 1 fully saturated rings. The molecule has 4 heteroatoms. The summed E-state index contributed by atoms with van der Waals surface area (Å²) in [5, 5.41) is 12.9. The van der Waals surface area contributed by atoms with E-state index < -0.39 is 6.09 Å². The maximum Gasteiger partial charge on any atom is 0.407 e. The van der Waals surface area contributed by atoms with E-state index in [1.54, 1.807) is 0 Å². The minimum absolute atomic E-state index is 0.229. The predicted molar refractivity (Wildman–Crippen MR) is 105 cm³/mol. The van der Waals surface area contributed by atoms with Gasteiger partial charge in [0, 0.05) is 0 Å². The fourth-order valence-corrected chi connectivity index (χ4v) is 3.89. The largest absolute Gasteiger partial charge is 0.445 e. The predicted octanol–water partition coefficient (Wildman–Crippen LogP) is 5.17. The van der Waals surface area contributed by atoms with Gasteiger partial charge in [-0.25, -0.2) is 4.79 Å². The highest BCUT2D eigenvalue weighted by Gasteiger charge is 2.33. The van der Waals surface area contributed by atoms with Crippen LogP contribution in [0.1, 0.15) is 49.1 Å². The molecule has 0 spiro atoms. The minimum atomic E-state index is -0.453. The highest BCUT2D eigenvalue weighted by Crippen LogP contribution is 2.33. The monoisotopic (exact) mass is 362 g/mol. The summed E-state index contributed by atoms with van der Waals surface area (Å²) in [6.07, 6.45) is 5.14. The summed E-state index contributed by atoms with van der Waals surface area (Å²) in [7, 11) is 0. The summed E-state index contributed by atoms with van der Waals surface area (Å²) in [4.78, 5) is 12.5. The molecule has 0 bridgehead atoms. The molecule has 1 amide bonds. The number of hydrogen-bond acceptors (Lipinski definition) is 3. The Morgan fingerprint density at radius 2 is 1.67 bits per heavy atom. The Morgan fingerprint density at radius 3 is 2.30 bits per heavy atom. The molecule has 2 atom stereocenters. The highest BCUT2D eigenvalue weighted by molar-refractivity contribution is 5.68. The summed E-state index contributed by atoms with van der Waals surface area (Å²) < 4.78 is 5.42. The lowest BCUT2D eigenvalue weighted by Crippen LogP contribution is -2.45. The van der Waals surface area contributed by atoms with Crippen LogP contribution in [0.25, 0.3) is 0 Å². The van der Waals surface area contributed by atoms with Gasteiger partial charge in [0.05, 0.1) is 18.0 Å². The van der Waals surface area contributed by atoms with Crippen molar-refractivity contribution in [3.8, 4) is 6.07 Å². The van der Waals surface area contributed by atoms with Gasteiger partial charge in [0.2, 0.25) is 0 Å². The first-order valence-corrected chi connectivity index (χ1v) is 9.69. The molecular formula is C23H26N2O2. The zero-order valence-corrected chi connectivity index (χ0v) is 15.5. The first kappa shape index (κ1) is 19.0. The van der Waals surface area contributed by atoms with Crippen molar-refractivity contribution in [2.75, 3.05) is 0 Å². The van der Waals surface area contributed by atoms with Crippen LogP contribution >= 0.6 is 0 Å². The van der Waals surface area contributed by atoms with Crippen molar-refractivity contribution in [3.05, 3.63) is 71.8 Å². The topological polar surface area (TPSA) is 62.1 Å². The van der Waals surface area contributed by atoms with Gasteiger partial charge in [0.25, 0.3) is 0 Å². The average Bonchev–Trinajstić information content (AvgIpc) is 2.74. The third-order valence-corrected chi connectivity index (χ3v) is 5.31. The van der Waals surface area contributed by atoms with Gasteiger partial charge < -0.3 is 10.1 Å². The van der Waals surface area contributed by atoms with Gasteiger partial charge in [0.1, 0.15) is 6.61 Å². The van der Waals surface area contributed by atoms with Crippen LogP contribution in [0, 0.1) is 17.2 Å². The maximum absolute atomic E-state index is 12.5. The van der Waals surface area contributed by atoms with Crippen molar-refractivity contribution >= 4 is 6.09 Å². The standard InChI is InChI=1S/C23H26N2O2/c24-16-21(19-12-6-2-7-13-19)22(20-14-8-3-9-15-20)25-23(26)27-17-18-10-4-1-5-11-18/h1-2,4-7,10-13,20-22H,3,8-9,14-15,17H2,(H,25,26)/t21-,22+/m1/s1. The summed E-state index contributed by atoms with van der Waals surface area (Å²) in [6.45, 7) is 0.229. The first-order valence-electron chi connectivity index (χ1n) is 9.69. The second-order valence-electron chi connectivity index (χ2n) is 7.15. The molecule has 1 N–H and O–H groups in total. The van der Waals surface area contributed by atoms with Gasteiger partial charge in [-0.15, -0.1) is 0 Å². The Balaban J connectivity index is 1.71. The normalized spacial score (nSPS) is 16.7. The Bertz CT molecular complexity index is 749. The zero-order valence-electron chi connectivity index (χ0n) is 15.5. The maximum atomic E-state index is 12.5. The van der Waals surface area contributed by atoms with Crippen LogP contribution in [-0.4, -0.2) is 12.1 Å². The van der Waals surface area contributed by atoms with Crippen LogP contribution in [-0.2, 0) is 11.3 Å². The van der Waals surface area contributed by atoms with Crippen LogP contribution in [0.2, 0.25) is 0 Å². The van der Waals surface area contributed by atoms with Crippen molar-refractivity contribution in [2.45, 2.75) is 50.7 Å². The van der Waals surface area contributed by atoms with Crippen LogP contribution in [0.5, 0.6) is 0 Å². The van der Waals surface area contributed by atoms with Gasteiger partial charge in [-0.1, -0.05) is 79.9 Å². The van der Waals surface area contributed by atoms with E-state index in [-0.39, 0.29) is 18.6 Å². The number of benzene rings is 2. The summed E-state index contributed by atoms with van der Waals surface area (Å²) in [5.74, 6) is -0.0774. The molecule has 1 aliphatic carbocycles. The lowest BCUT2D eigenvalue weighted by Gasteiger charge is -2.33. The van der Waals surface area contributed by atoms with Crippen LogP contribution < -0.4 is 5.32 Å². The molecule has 1 saturated carbocycles. The van der Waals surface area contributed by atoms with E-state index in [1.165, 1.54) is 6.42 Å². The molecule has 0 unspecified atom stereocenters. The van der Waals surface area contributed by atoms with E-state index in [0.717, 1.165) is 36.8 Å². The molecule has 0 radical (unpaired) electrons. The third-order valence-electron chi connectivity index (χ3n) is 5.31. The number of nitriles is 1. The molecule has 1 aliphatic rings.